The molecule has 0 radical (unpaired) electrons. The molecule has 3 aromatic rings. The second-order valence-electron chi connectivity index (χ2n) is 7.78. The molecule has 3 rings (SSSR count). The number of hydrogen-bond donors (Lipinski definition) is 4. The summed E-state index contributed by atoms with van der Waals surface area (Å²) in [6.07, 6.45) is 3.15. The second-order valence-corrected chi connectivity index (χ2v) is 7.78. The number of carbonyl (C=O) groups is 3. The van der Waals surface area contributed by atoms with Crippen molar-refractivity contribution < 1.29 is 24.7 Å². The summed E-state index contributed by atoms with van der Waals surface area (Å²) >= 11 is 0. The minimum atomic E-state index is -1.00. The number of hydrogen-bond acceptors (Lipinski definition) is 4. The van der Waals surface area contributed by atoms with Gasteiger partial charge in [-0.25, -0.2) is 5.48 Å². The third kappa shape index (κ3) is 6.54. The zero-order valence-electron chi connectivity index (χ0n) is 18.4. The predicted octanol–water partition coefficient (Wildman–Crippen LogP) is 3.43. The SMILES string of the molecule is Cc1[nH]c2ccccc2c1CCN(Cc1ccc(/C=C/C(=O)NO)cc1)C(=O)CCC(=O)O. The maximum Gasteiger partial charge on any atom is 0.303 e. The third-order valence-corrected chi connectivity index (χ3v) is 5.45. The number of fused-ring (bicyclic) bond motifs is 1. The minimum Gasteiger partial charge on any atom is -0.481 e. The maximum atomic E-state index is 12.8. The number of aromatic nitrogens is 1. The number of H-pyrrole nitrogens is 1. The molecule has 2 amide bonds. The average molecular weight is 450 g/mol. The van der Waals surface area contributed by atoms with Crippen LogP contribution in [0, 0.1) is 6.92 Å². The van der Waals surface area contributed by atoms with Gasteiger partial charge in [0.1, 0.15) is 0 Å². The first-order valence-corrected chi connectivity index (χ1v) is 10.6. The van der Waals surface area contributed by atoms with Gasteiger partial charge in [0.2, 0.25) is 5.91 Å². The van der Waals surface area contributed by atoms with Crippen LogP contribution in [0.3, 0.4) is 0 Å². The van der Waals surface area contributed by atoms with Crippen LogP contribution in [0.15, 0.2) is 54.6 Å². The molecule has 4 N–H and O–H groups in total. The Labute approximate surface area is 191 Å². The van der Waals surface area contributed by atoms with E-state index in [1.165, 1.54) is 11.6 Å². The fourth-order valence-corrected chi connectivity index (χ4v) is 3.73. The molecule has 0 saturated carbocycles. The van der Waals surface area contributed by atoms with Crippen LogP contribution in [-0.2, 0) is 27.3 Å². The summed E-state index contributed by atoms with van der Waals surface area (Å²) in [6, 6.07) is 15.3. The van der Waals surface area contributed by atoms with Gasteiger partial charge < -0.3 is 15.0 Å². The number of para-hydroxylation sites is 1. The summed E-state index contributed by atoms with van der Waals surface area (Å²) in [5, 5.41) is 18.7. The van der Waals surface area contributed by atoms with E-state index in [-0.39, 0.29) is 18.7 Å². The van der Waals surface area contributed by atoms with Crippen molar-refractivity contribution in [1.29, 1.82) is 0 Å². The van der Waals surface area contributed by atoms with Gasteiger partial charge in [-0.15, -0.1) is 0 Å². The van der Waals surface area contributed by atoms with Crippen molar-refractivity contribution in [2.75, 3.05) is 6.54 Å². The maximum absolute atomic E-state index is 12.8. The van der Waals surface area contributed by atoms with Crippen molar-refractivity contribution in [3.63, 3.8) is 0 Å². The first-order chi connectivity index (χ1) is 15.9. The standard InChI is InChI=1S/C25H27N3O5/c1-17-20(21-4-2-3-5-22(21)26-17)14-15-28(24(30)12-13-25(31)32)16-19-8-6-18(7-9-19)10-11-23(29)27-33/h2-11,26,33H,12-16H2,1H3,(H,27,29)(H,31,32)/b11-10+. The first-order valence-electron chi connectivity index (χ1n) is 10.6. The van der Waals surface area contributed by atoms with Crippen molar-refractivity contribution in [2.24, 2.45) is 0 Å². The van der Waals surface area contributed by atoms with Gasteiger partial charge in [0.15, 0.2) is 0 Å². The molecule has 0 unspecified atom stereocenters. The highest BCUT2D eigenvalue weighted by Gasteiger charge is 2.17. The Morgan fingerprint density at radius 2 is 1.79 bits per heavy atom. The van der Waals surface area contributed by atoms with Gasteiger partial charge in [-0.1, -0.05) is 42.5 Å². The smallest absolute Gasteiger partial charge is 0.303 e. The number of aromatic amines is 1. The summed E-state index contributed by atoms with van der Waals surface area (Å²) in [6.45, 7) is 2.82. The minimum absolute atomic E-state index is 0.0563. The number of carbonyl (C=O) groups excluding carboxylic acids is 2. The number of rotatable bonds is 10. The lowest BCUT2D eigenvalue weighted by atomic mass is 10.1. The molecule has 0 aliphatic carbocycles. The summed E-state index contributed by atoms with van der Waals surface area (Å²) in [5.41, 5.74) is 6.43. The Hall–Kier alpha value is -3.91. The van der Waals surface area contributed by atoms with E-state index in [2.05, 4.69) is 4.98 Å². The monoisotopic (exact) mass is 449 g/mol. The summed E-state index contributed by atoms with van der Waals surface area (Å²) < 4.78 is 0. The Morgan fingerprint density at radius 1 is 1.06 bits per heavy atom. The average Bonchev–Trinajstić information content (AvgIpc) is 3.14. The molecular formula is C25H27N3O5. The Kier molecular flexibility index (Phi) is 7.99. The van der Waals surface area contributed by atoms with E-state index in [4.69, 9.17) is 10.3 Å². The van der Waals surface area contributed by atoms with Gasteiger partial charge in [0.25, 0.3) is 5.91 Å². The van der Waals surface area contributed by atoms with Crippen molar-refractivity contribution in [3.05, 3.63) is 77.0 Å². The Bertz CT molecular complexity index is 1160. The summed E-state index contributed by atoms with van der Waals surface area (Å²) in [4.78, 5) is 40.0. The van der Waals surface area contributed by atoms with E-state index in [0.29, 0.717) is 19.5 Å². The highest BCUT2D eigenvalue weighted by molar-refractivity contribution is 5.90. The summed E-state index contributed by atoms with van der Waals surface area (Å²) in [7, 11) is 0. The Morgan fingerprint density at radius 3 is 2.48 bits per heavy atom. The topological polar surface area (TPSA) is 123 Å². The Balaban J connectivity index is 1.74. The zero-order valence-corrected chi connectivity index (χ0v) is 18.4. The quantitative estimate of drug-likeness (QED) is 0.215. The lowest BCUT2D eigenvalue weighted by Crippen LogP contribution is -2.32. The molecule has 0 bridgehead atoms. The molecule has 0 fully saturated rings. The number of nitrogens with one attached hydrogen (secondary N) is 2. The van der Waals surface area contributed by atoms with Gasteiger partial charge in [0, 0.05) is 42.2 Å². The number of carboxylic acid groups (broad SMARTS) is 1. The second kappa shape index (κ2) is 11.1. The van der Waals surface area contributed by atoms with Crippen LogP contribution in [0.1, 0.15) is 35.2 Å². The van der Waals surface area contributed by atoms with Gasteiger partial charge in [-0.3, -0.25) is 19.6 Å². The van der Waals surface area contributed by atoms with Crippen LogP contribution in [0.25, 0.3) is 17.0 Å². The molecule has 8 nitrogen and oxygen atoms in total. The van der Waals surface area contributed by atoms with Crippen LogP contribution in [0.4, 0.5) is 0 Å². The molecule has 0 aliphatic rings. The fraction of sp³-hybridized carbons (Fsp3) is 0.240. The number of benzene rings is 2. The van der Waals surface area contributed by atoms with Crippen LogP contribution in [0.2, 0.25) is 0 Å². The van der Waals surface area contributed by atoms with E-state index >= 15 is 0 Å². The third-order valence-electron chi connectivity index (χ3n) is 5.45. The van der Waals surface area contributed by atoms with Crippen molar-refractivity contribution in [2.45, 2.75) is 32.7 Å². The van der Waals surface area contributed by atoms with Crippen molar-refractivity contribution >= 4 is 34.8 Å². The van der Waals surface area contributed by atoms with Gasteiger partial charge in [0.05, 0.1) is 6.42 Å². The van der Waals surface area contributed by atoms with E-state index in [1.54, 1.807) is 23.1 Å². The lowest BCUT2D eigenvalue weighted by molar-refractivity contribution is -0.141. The lowest BCUT2D eigenvalue weighted by Gasteiger charge is -2.23. The molecule has 1 heterocycles. The van der Waals surface area contributed by atoms with Crippen LogP contribution in [-0.4, -0.2) is 44.5 Å². The molecule has 0 aliphatic heterocycles. The molecule has 8 heteroatoms. The van der Waals surface area contributed by atoms with Crippen molar-refractivity contribution in [3.8, 4) is 0 Å². The predicted molar refractivity (Wildman–Crippen MR) is 124 cm³/mol. The number of aryl methyl sites for hydroxylation is 1. The molecular weight excluding hydrogens is 422 g/mol. The molecule has 172 valence electrons. The number of hydroxylamine groups is 1. The van der Waals surface area contributed by atoms with Crippen LogP contribution >= 0.6 is 0 Å². The number of aliphatic carboxylic acids is 1. The van der Waals surface area contributed by atoms with Crippen LogP contribution < -0.4 is 5.48 Å². The van der Waals surface area contributed by atoms with E-state index in [0.717, 1.165) is 33.3 Å². The highest BCUT2D eigenvalue weighted by atomic mass is 16.5. The van der Waals surface area contributed by atoms with E-state index in [9.17, 15) is 14.4 Å². The molecule has 2 aromatic carbocycles. The highest BCUT2D eigenvalue weighted by Crippen LogP contribution is 2.23. The first kappa shape index (κ1) is 23.7. The van der Waals surface area contributed by atoms with Gasteiger partial charge >= 0.3 is 5.97 Å². The van der Waals surface area contributed by atoms with Crippen LogP contribution in [0.5, 0.6) is 0 Å². The largest absolute Gasteiger partial charge is 0.481 e. The van der Waals surface area contributed by atoms with Gasteiger partial charge in [-0.05, 0) is 42.2 Å². The van der Waals surface area contributed by atoms with E-state index in [1.807, 2.05) is 43.3 Å². The molecule has 0 spiro atoms. The molecule has 0 saturated heterocycles. The number of carboxylic acids is 1. The van der Waals surface area contributed by atoms with Crippen molar-refractivity contribution in [1.82, 2.24) is 15.4 Å². The number of amides is 2. The molecule has 0 atom stereocenters. The van der Waals surface area contributed by atoms with E-state index < -0.39 is 11.9 Å². The fourth-order valence-electron chi connectivity index (χ4n) is 3.73. The number of nitrogens with zero attached hydrogens (tertiary/aromatic N) is 1. The molecule has 33 heavy (non-hydrogen) atoms. The summed E-state index contributed by atoms with van der Waals surface area (Å²) in [5.74, 6) is -1.83. The molecule has 1 aromatic heterocycles. The normalized spacial score (nSPS) is 11.1. The zero-order chi connectivity index (χ0) is 23.8. The van der Waals surface area contributed by atoms with Gasteiger partial charge in [-0.2, -0.15) is 0 Å².